The van der Waals surface area contributed by atoms with Crippen molar-refractivity contribution in [3.05, 3.63) is 114 Å². The Bertz CT molecular complexity index is 2020. The number of allylic oxidation sites excluding steroid dienone is 6. The summed E-state index contributed by atoms with van der Waals surface area (Å²) in [4.78, 5) is 2.81. The smallest absolute Gasteiger partial charge is 0.205 e. The molecule has 1 heterocycles. The van der Waals surface area contributed by atoms with Crippen LogP contribution in [0.5, 0.6) is 0 Å². The summed E-state index contributed by atoms with van der Waals surface area (Å²) in [5.41, 5.74) is -17.0. The van der Waals surface area contributed by atoms with Gasteiger partial charge in [0.2, 0.25) is 0 Å². The largest absolute Gasteiger partial charge is 0.250 e. The van der Waals surface area contributed by atoms with Gasteiger partial charge in [-0.1, -0.05) is 0 Å². The molecule has 1 aromatic heterocycles. The number of nitrogens with zero attached hydrogens (tertiary/aromatic N) is 4. The molecular weight excluding hydrogens is 625 g/mol. The summed E-state index contributed by atoms with van der Waals surface area (Å²) in [5, 5.41) is 29.5. The molecule has 0 atom stereocenters. The van der Waals surface area contributed by atoms with Gasteiger partial charge in [0.15, 0.2) is 63.9 Å². The molecular formula is C30H7F11N4. The standard InChI is InChI=1S/C30H7F11N4/c1-4-13-24(35)17(29(40)30(41)45-13)10(5-42)14-15(11(6-43)18-25(36)20(31)8(2)21(32)26(18)37)16(14)12(7-44)19-27(38)22(33)9(3)23(34)28(19)39/h1H,2-3H3. The molecule has 1 saturated carbocycles. The lowest BCUT2D eigenvalue weighted by Crippen LogP contribution is -2.06. The number of benzene rings is 2. The lowest BCUT2D eigenvalue weighted by Gasteiger charge is -2.09. The number of rotatable bonds is 3. The molecule has 3 aromatic rings. The summed E-state index contributed by atoms with van der Waals surface area (Å²) in [7, 11) is 0. The highest BCUT2D eigenvalue weighted by atomic mass is 19.2. The van der Waals surface area contributed by atoms with Crippen LogP contribution in [0, 0.1) is 124 Å². The van der Waals surface area contributed by atoms with E-state index in [0.29, 0.717) is 13.8 Å². The van der Waals surface area contributed by atoms with Crippen molar-refractivity contribution >= 4 is 16.7 Å². The average molecular weight is 632 g/mol. The van der Waals surface area contributed by atoms with Gasteiger partial charge in [0.25, 0.3) is 5.95 Å². The number of hydrogen-bond donors (Lipinski definition) is 0. The van der Waals surface area contributed by atoms with Gasteiger partial charge in [-0.05, 0) is 19.8 Å². The van der Waals surface area contributed by atoms with Gasteiger partial charge in [-0.25, -0.2) is 48.9 Å². The number of terminal acetylenes is 1. The third kappa shape index (κ3) is 4.57. The van der Waals surface area contributed by atoms with E-state index in [1.807, 2.05) is 0 Å². The van der Waals surface area contributed by atoms with Gasteiger partial charge in [-0.15, -0.1) is 6.42 Å². The lowest BCUT2D eigenvalue weighted by molar-refractivity contribution is 0.442. The van der Waals surface area contributed by atoms with Crippen molar-refractivity contribution in [2.24, 2.45) is 0 Å². The van der Waals surface area contributed by atoms with Gasteiger partial charge < -0.3 is 0 Å². The van der Waals surface area contributed by atoms with Gasteiger partial charge in [0.1, 0.15) is 18.2 Å². The molecule has 0 spiro atoms. The second-order valence-electron chi connectivity index (χ2n) is 9.00. The molecule has 1 aliphatic rings. The molecule has 0 N–H and O–H groups in total. The number of pyridine rings is 1. The Hall–Kier alpha value is -5.93. The first-order chi connectivity index (χ1) is 21.1. The Labute approximate surface area is 244 Å². The van der Waals surface area contributed by atoms with E-state index in [9.17, 15) is 42.1 Å². The second kappa shape index (κ2) is 11.3. The normalized spacial score (nSPS) is 14.3. The number of hydrogen-bond acceptors (Lipinski definition) is 4. The van der Waals surface area contributed by atoms with E-state index in [2.05, 4.69) is 4.98 Å². The average Bonchev–Trinajstić information content (AvgIpc) is 3.74. The first kappa shape index (κ1) is 32.0. The third-order valence-electron chi connectivity index (χ3n) is 6.66. The second-order valence-corrected chi connectivity index (χ2v) is 9.00. The highest BCUT2D eigenvalue weighted by Crippen LogP contribution is 2.57. The lowest BCUT2D eigenvalue weighted by atomic mass is 9.99. The summed E-state index contributed by atoms with van der Waals surface area (Å²) in [6, 6.07) is 3.40. The van der Waals surface area contributed by atoms with Gasteiger partial charge in [0, 0.05) is 27.8 Å². The van der Waals surface area contributed by atoms with Crippen LogP contribution in [0.3, 0.4) is 0 Å². The molecule has 0 radical (unpaired) electrons. The SMILES string of the molecule is C#Cc1nc(F)c(F)c(C(C#N)=C2C(=C(C#N)c3c(F)c(F)c(C)c(F)c3F)C2=C(C#N)c2c(F)c(F)c(C)c(F)c2F)c1F. The number of halogens is 11. The zero-order valence-corrected chi connectivity index (χ0v) is 22.0. The van der Waals surface area contributed by atoms with Crippen LogP contribution in [0.2, 0.25) is 0 Å². The van der Waals surface area contributed by atoms with Crippen LogP contribution in [0.25, 0.3) is 16.7 Å². The molecule has 4 nitrogen and oxygen atoms in total. The van der Waals surface area contributed by atoms with Crippen LogP contribution in [-0.2, 0) is 0 Å². The molecule has 45 heavy (non-hydrogen) atoms. The first-order valence-electron chi connectivity index (χ1n) is 11.7. The van der Waals surface area contributed by atoms with Crippen molar-refractivity contribution in [1.29, 1.82) is 15.8 Å². The quantitative estimate of drug-likeness (QED) is 0.0988. The molecule has 0 amide bonds. The molecule has 0 bridgehead atoms. The summed E-state index contributed by atoms with van der Waals surface area (Å²) in [5.74, 6) is -21.8. The number of nitriles is 3. The van der Waals surface area contributed by atoms with Crippen LogP contribution >= 0.6 is 0 Å². The minimum atomic E-state index is -2.23. The molecule has 0 aliphatic heterocycles. The maximum atomic E-state index is 15.2. The molecule has 15 heteroatoms. The molecule has 0 saturated heterocycles. The van der Waals surface area contributed by atoms with Gasteiger partial charge >= 0.3 is 0 Å². The summed E-state index contributed by atoms with van der Waals surface area (Å²) < 4.78 is 162. The van der Waals surface area contributed by atoms with Crippen LogP contribution < -0.4 is 0 Å². The van der Waals surface area contributed by atoms with Crippen molar-refractivity contribution in [1.82, 2.24) is 4.98 Å². The Morgan fingerprint density at radius 2 is 0.778 bits per heavy atom. The maximum absolute atomic E-state index is 15.2. The fraction of sp³-hybridized carbons (Fsp3) is 0.0667. The van der Waals surface area contributed by atoms with E-state index in [1.54, 1.807) is 0 Å². The van der Waals surface area contributed by atoms with Gasteiger partial charge in [0.05, 0.1) is 33.4 Å². The van der Waals surface area contributed by atoms with Gasteiger partial charge in [-0.2, -0.15) is 20.2 Å². The Morgan fingerprint density at radius 3 is 1.04 bits per heavy atom. The summed E-state index contributed by atoms with van der Waals surface area (Å²) in [6.07, 6.45) is 5.01. The van der Waals surface area contributed by atoms with E-state index < -0.39 is 131 Å². The fourth-order valence-corrected chi connectivity index (χ4v) is 4.40. The minimum Gasteiger partial charge on any atom is -0.205 e. The molecule has 0 unspecified atom stereocenters. The summed E-state index contributed by atoms with van der Waals surface area (Å²) in [6.45, 7) is 1.21. The minimum absolute atomic E-state index is 0.605. The maximum Gasteiger partial charge on any atom is 0.250 e. The van der Waals surface area contributed by atoms with E-state index in [0.717, 1.165) is 18.2 Å². The van der Waals surface area contributed by atoms with Crippen molar-refractivity contribution < 1.29 is 48.3 Å². The van der Waals surface area contributed by atoms with E-state index >= 15 is 22.0 Å². The first-order valence-corrected chi connectivity index (χ1v) is 11.7. The highest BCUT2D eigenvalue weighted by molar-refractivity contribution is 6.12. The van der Waals surface area contributed by atoms with E-state index in [4.69, 9.17) is 6.42 Å². The predicted molar refractivity (Wildman–Crippen MR) is 132 cm³/mol. The zero-order valence-electron chi connectivity index (χ0n) is 22.0. The Balaban J connectivity index is 2.36. The van der Waals surface area contributed by atoms with Gasteiger partial charge in [-0.3, -0.25) is 0 Å². The molecule has 224 valence electrons. The molecule has 1 aliphatic carbocycles. The highest BCUT2D eigenvalue weighted by Gasteiger charge is 2.45. The van der Waals surface area contributed by atoms with Crippen LogP contribution in [0.15, 0.2) is 16.7 Å². The van der Waals surface area contributed by atoms with Crippen molar-refractivity contribution in [3.8, 4) is 30.6 Å². The Morgan fingerprint density at radius 1 is 0.489 bits per heavy atom. The number of aromatic nitrogens is 1. The molecule has 1 fully saturated rings. The third-order valence-corrected chi connectivity index (χ3v) is 6.66. The topological polar surface area (TPSA) is 84.3 Å². The molecule has 4 rings (SSSR count). The van der Waals surface area contributed by atoms with Crippen molar-refractivity contribution in [2.75, 3.05) is 0 Å². The van der Waals surface area contributed by atoms with Crippen LogP contribution in [-0.4, -0.2) is 4.98 Å². The van der Waals surface area contributed by atoms with E-state index in [1.165, 1.54) is 5.92 Å². The van der Waals surface area contributed by atoms with E-state index in [-0.39, 0.29) is 0 Å². The fourth-order valence-electron chi connectivity index (χ4n) is 4.40. The monoisotopic (exact) mass is 632 g/mol. The van der Waals surface area contributed by atoms with Crippen molar-refractivity contribution in [3.63, 3.8) is 0 Å². The summed E-state index contributed by atoms with van der Waals surface area (Å²) >= 11 is 0. The van der Waals surface area contributed by atoms with Crippen molar-refractivity contribution in [2.45, 2.75) is 13.8 Å². The predicted octanol–water partition coefficient (Wildman–Crippen LogP) is 7.46. The Kier molecular flexibility index (Phi) is 8.03. The zero-order chi connectivity index (χ0) is 33.8. The van der Waals surface area contributed by atoms with Crippen LogP contribution in [0.4, 0.5) is 48.3 Å². The van der Waals surface area contributed by atoms with Crippen LogP contribution in [0.1, 0.15) is 33.5 Å². The molecule has 2 aromatic carbocycles.